The number of aromatic nitrogens is 2. The van der Waals surface area contributed by atoms with Crippen LogP contribution in [0, 0.1) is 0 Å². The van der Waals surface area contributed by atoms with Gasteiger partial charge in [-0.3, -0.25) is 19.8 Å². The third-order valence-corrected chi connectivity index (χ3v) is 5.68. The molecular weight excluding hydrogens is 388 g/mol. The lowest BCUT2D eigenvalue weighted by atomic mass is 10.2. The lowest BCUT2D eigenvalue weighted by Crippen LogP contribution is -2.40. The van der Waals surface area contributed by atoms with Crippen LogP contribution in [-0.2, 0) is 13.1 Å². The van der Waals surface area contributed by atoms with Gasteiger partial charge in [0.2, 0.25) is 0 Å². The smallest absolute Gasteiger partial charge is 0.161 e. The lowest BCUT2D eigenvalue weighted by Gasteiger charge is -2.28. The van der Waals surface area contributed by atoms with E-state index in [9.17, 15) is 5.11 Å². The Kier molecular flexibility index (Phi) is 8.54. The van der Waals surface area contributed by atoms with E-state index in [1.54, 1.807) is 25.7 Å². The van der Waals surface area contributed by atoms with Crippen LogP contribution in [-0.4, -0.2) is 82.9 Å². The Labute approximate surface area is 177 Å². The van der Waals surface area contributed by atoms with E-state index in [4.69, 9.17) is 9.47 Å². The van der Waals surface area contributed by atoms with Crippen LogP contribution in [0.3, 0.4) is 0 Å². The Morgan fingerprint density at radius 1 is 1.21 bits per heavy atom. The zero-order chi connectivity index (χ0) is 20.5. The molecule has 3 rings (SSSR count). The van der Waals surface area contributed by atoms with Gasteiger partial charge in [0, 0.05) is 62.8 Å². The van der Waals surface area contributed by atoms with Crippen molar-refractivity contribution in [3.05, 3.63) is 48.0 Å². The fourth-order valence-electron chi connectivity index (χ4n) is 3.31. The van der Waals surface area contributed by atoms with Gasteiger partial charge < -0.3 is 14.6 Å². The van der Waals surface area contributed by atoms with Crippen LogP contribution in [0.25, 0.3) is 0 Å². The molecule has 29 heavy (non-hydrogen) atoms. The van der Waals surface area contributed by atoms with Crippen LogP contribution >= 0.6 is 11.8 Å². The summed E-state index contributed by atoms with van der Waals surface area (Å²) in [6, 6.07) is 5.92. The zero-order valence-corrected chi connectivity index (χ0v) is 18.0. The Morgan fingerprint density at radius 3 is 2.76 bits per heavy atom. The molecule has 0 radical (unpaired) electrons. The molecule has 0 saturated carbocycles. The van der Waals surface area contributed by atoms with Gasteiger partial charge in [0.25, 0.3) is 0 Å². The first-order valence-corrected chi connectivity index (χ1v) is 11.0. The number of aliphatic hydroxyl groups is 1. The maximum atomic E-state index is 10.3. The molecule has 1 aromatic carbocycles. The molecule has 0 unspecified atom stereocenters. The first-order valence-electron chi connectivity index (χ1n) is 9.85. The van der Waals surface area contributed by atoms with Gasteiger partial charge in [-0.25, -0.2) is 0 Å². The molecule has 0 amide bonds. The van der Waals surface area contributed by atoms with Gasteiger partial charge >= 0.3 is 0 Å². The number of ether oxygens (including phenoxy) is 2. The predicted octanol–water partition coefficient (Wildman–Crippen LogP) is 1.91. The molecule has 1 atom stereocenters. The summed E-state index contributed by atoms with van der Waals surface area (Å²) >= 11 is 1.97. The monoisotopic (exact) mass is 418 g/mol. The Morgan fingerprint density at radius 2 is 2.03 bits per heavy atom. The predicted molar refractivity (Wildman–Crippen MR) is 115 cm³/mol. The number of nitrogens with zero attached hydrogens (tertiary/aromatic N) is 4. The first-order chi connectivity index (χ1) is 14.1. The van der Waals surface area contributed by atoms with Crippen LogP contribution in [0.1, 0.15) is 11.3 Å². The van der Waals surface area contributed by atoms with Gasteiger partial charge in [0.05, 0.1) is 12.8 Å². The zero-order valence-electron chi connectivity index (χ0n) is 17.2. The highest BCUT2D eigenvalue weighted by molar-refractivity contribution is 7.99. The third-order valence-electron chi connectivity index (χ3n) is 4.73. The minimum Gasteiger partial charge on any atom is -0.493 e. The molecule has 1 fully saturated rings. The Balaban J connectivity index is 1.51. The average molecular weight is 419 g/mol. The first kappa shape index (κ1) is 21.8. The van der Waals surface area contributed by atoms with E-state index in [1.807, 2.05) is 37.0 Å². The van der Waals surface area contributed by atoms with Gasteiger partial charge in [-0.15, -0.1) is 0 Å². The molecule has 158 valence electrons. The quantitative estimate of drug-likeness (QED) is 0.627. The molecule has 2 aromatic rings. The van der Waals surface area contributed by atoms with Gasteiger partial charge in [0.15, 0.2) is 11.5 Å². The fraction of sp³-hybridized carbons (Fsp3) is 0.524. The van der Waals surface area contributed by atoms with Crippen molar-refractivity contribution in [3.8, 4) is 11.5 Å². The summed E-state index contributed by atoms with van der Waals surface area (Å²) in [6.07, 6.45) is 4.65. The normalized spacial score (nSPS) is 16.0. The average Bonchev–Trinajstić information content (AvgIpc) is 2.74. The summed E-state index contributed by atoms with van der Waals surface area (Å²) in [4.78, 5) is 12.9. The van der Waals surface area contributed by atoms with Gasteiger partial charge in [-0.1, -0.05) is 6.07 Å². The van der Waals surface area contributed by atoms with Crippen molar-refractivity contribution in [2.45, 2.75) is 19.2 Å². The highest BCUT2D eigenvalue weighted by Gasteiger charge is 2.16. The number of hydrogen-bond acceptors (Lipinski definition) is 8. The van der Waals surface area contributed by atoms with Crippen molar-refractivity contribution < 1.29 is 14.6 Å². The molecule has 0 aliphatic carbocycles. The number of aliphatic hydroxyl groups excluding tert-OH is 1. The van der Waals surface area contributed by atoms with Crippen LogP contribution in [0.15, 0.2) is 36.8 Å². The van der Waals surface area contributed by atoms with Crippen LogP contribution in [0.2, 0.25) is 0 Å². The van der Waals surface area contributed by atoms with Crippen molar-refractivity contribution in [1.82, 2.24) is 19.8 Å². The van der Waals surface area contributed by atoms with Crippen molar-refractivity contribution in [1.29, 1.82) is 0 Å². The standard InChI is InChI=1S/C21H30N4O3S/c1-24(14-18-12-22-5-6-23-18)13-17-3-4-20(21(11-17)27-2)28-16-19(26)15-25-7-9-29-10-8-25/h3-6,11-12,19,26H,7-10,13-16H2,1-2H3/t19-/m1/s1. The molecule has 1 aliphatic heterocycles. The van der Waals surface area contributed by atoms with E-state index in [-0.39, 0.29) is 6.61 Å². The summed E-state index contributed by atoms with van der Waals surface area (Å²) in [5.41, 5.74) is 2.05. The van der Waals surface area contributed by atoms with Crippen molar-refractivity contribution in [3.63, 3.8) is 0 Å². The van der Waals surface area contributed by atoms with E-state index in [2.05, 4.69) is 19.8 Å². The number of rotatable bonds is 10. The molecule has 1 aromatic heterocycles. The van der Waals surface area contributed by atoms with Crippen molar-refractivity contribution in [2.24, 2.45) is 0 Å². The molecule has 1 saturated heterocycles. The summed E-state index contributed by atoms with van der Waals surface area (Å²) in [5.74, 6) is 3.60. The SMILES string of the molecule is COc1cc(CN(C)Cc2cnccn2)ccc1OC[C@H](O)CN1CCSCC1. The molecule has 1 aliphatic rings. The maximum Gasteiger partial charge on any atom is 0.161 e. The van der Waals surface area contributed by atoms with Gasteiger partial charge in [-0.2, -0.15) is 11.8 Å². The van der Waals surface area contributed by atoms with E-state index in [0.717, 1.165) is 48.9 Å². The van der Waals surface area contributed by atoms with Crippen LogP contribution < -0.4 is 9.47 Å². The largest absolute Gasteiger partial charge is 0.493 e. The van der Waals surface area contributed by atoms with Gasteiger partial charge in [0.1, 0.15) is 12.7 Å². The van der Waals surface area contributed by atoms with Crippen molar-refractivity contribution in [2.75, 3.05) is 51.9 Å². The summed E-state index contributed by atoms with van der Waals surface area (Å²) in [6.45, 7) is 4.43. The third kappa shape index (κ3) is 7.15. The number of thioether (sulfide) groups is 1. The second kappa shape index (κ2) is 11.3. The lowest BCUT2D eigenvalue weighted by molar-refractivity contribution is 0.0704. The maximum absolute atomic E-state index is 10.3. The van der Waals surface area contributed by atoms with Gasteiger partial charge in [-0.05, 0) is 24.7 Å². The molecule has 0 bridgehead atoms. The number of benzene rings is 1. The van der Waals surface area contributed by atoms with Crippen LogP contribution in [0.4, 0.5) is 0 Å². The highest BCUT2D eigenvalue weighted by Crippen LogP contribution is 2.28. The minimum atomic E-state index is -0.513. The molecule has 0 spiro atoms. The van der Waals surface area contributed by atoms with E-state index >= 15 is 0 Å². The number of hydrogen-bond donors (Lipinski definition) is 1. The summed E-state index contributed by atoms with van der Waals surface area (Å²) in [7, 11) is 3.68. The molecular formula is C21H30N4O3S. The number of β-amino-alcohol motifs (C(OH)–C–C–N with tert-alkyl or cyclic N) is 1. The summed E-state index contributed by atoms with van der Waals surface area (Å²) < 4.78 is 11.4. The summed E-state index contributed by atoms with van der Waals surface area (Å²) in [5, 5.41) is 10.3. The molecule has 2 heterocycles. The molecule has 1 N–H and O–H groups in total. The van der Waals surface area contributed by atoms with Crippen molar-refractivity contribution >= 4 is 11.8 Å². The molecule has 8 heteroatoms. The second-order valence-electron chi connectivity index (χ2n) is 7.23. The topological polar surface area (TPSA) is 71.0 Å². The van der Waals surface area contributed by atoms with E-state index < -0.39 is 6.10 Å². The fourth-order valence-corrected chi connectivity index (χ4v) is 4.28. The Bertz CT molecular complexity index is 744. The second-order valence-corrected chi connectivity index (χ2v) is 8.46. The number of methoxy groups -OCH3 is 1. The molecule has 7 nitrogen and oxygen atoms in total. The van der Waals surface area contributed by atoms with Crippen LogP contribution in [0.5, 0.6) is 11.5 Å². The van der Waals surface area contributed by atoms with E-state index in [1.165, 1.54) is 0 Å². The highest BCUT2D eigenvalue weighted by atomic mass is 32.2. The minimum absolute atomic E-state index is 0.256. The van der Waals surface area contributed by atoms with E-state index in [0.29, 0.717) is 18.0 Å². The Hall–Kier alpha value is -1.87.